The fourth-order valence-electron chi connectivity index (χ4n) is 3.95. The van der Waals surface area contributed by atoms with Crippen molar-refractivity contribution in [2.24, 2.45) is 0 Å². The highest BCUT2D eigenvalue weighted by atomic mass is 32.1. The molecule has 1 fully saturated rings. The highest BCUT2D eigenvalue weighted by Crippen LogP contribution is 2.38. The number of carbonyl (C=O) groups is 2. The van der Waals surface area contributed by atoms with E-state index in [-0.39, 0.29) is 11.8 Å². The standard InChI is InChI=1S/C23H24N4O2S/c28-20(27-9-5-16(6-10-27)13-19-2-1-11-30-19)4-3-17-12-18-15-25-23(7-8-23)22(29)26-21(18)24-14-17/h1-5,11-12,14,25H,6-10,13,15H2,(H,24,26,29)/b4-3+. The van der Waals surface area contributed by atoms with Crippen molar-refractivity contribution in [1.82, 2.24) is 15.2 Å². The summed E-state index contributed by atoms with van der Waals surface area (Å²) < 4.78 is 0. The highest BCUT2D eigenvalue weighted by molar-refractivity contribution is 7.09. The van der Waals surface area contributed by atoms with Crippen molar-refractivity contribution in [2.45, 2.75) is 37.8 Å². The van der Waals surface area contributed by atoms with E-state index in [9.17, 15) is 9.59 Å². The smallest absolute Gasteiger partial charge is 0.246 e. The van der Waals surface area contributed by atoms with Crippen LogP contribution in [0.15, 0.2) is 47.5 Å². The van der Waals surface area contributed by atoms with Gasteiger partial charge in [0.05, 0.1) is 5.54 Å². The van der Waals surface area contributed by atoms with Crippen molar-refractivity contribution in [3.63, 3.8) is 0 Å². The number of fused-ring (bicyclic) bond motifs is 1. The van der Waals surface area contributed by atoms with Gasteiger partial charge in [0.1, 0.15) is 5.82 Å². The number of pyridine rings is 1. The fraction of sp³-hybridized carbons (Fsp3) is 0.348. The van der Waals surface area contributed by atoms with Gasteiger partial charge in [0.2, 0.25) is 11.8 Å². The molecular weight excluding hydrogens is 396 g/mol. The van der Waals surface area contributed by atoms with Gasteiger partial charge in [-0.3, -0.25) is 14.9 Å². The molecule has 2 aliphatic heterocycles. The molecule has 3 aliphatic rings. The molecular formula is C23H24N4O2S. The van der Waals surface area contributed by atoms with Crippen molar-refractivity contribution < 1.29 is 9.59 Å². The van der Waals surface area contributed by atoms with Gasteiger partial charge in [-0.2, -0.15) is 0 Å². The Balaban J connectivity index is 1.21. The summed E-state index contributed by atoms with van der Waals surface area (Å²) in [5, 5.41) is 8.37. The number of amides is 2. The molecule has 7 heteroatoms. The van der Waals surface area contributed by atoms with Crippen molar-refractivity contribution in [2.75, 3.05) is 18.4 Å². The van der Waals surface area contributed by atoms with E-state index in [1.807, 2.05) is 11.0 Å². The van der Waals surface area contributed by atoms with E-state index in [1.54, 1.807) is 29.7 Å². The Bertz CT molecular complexity index is 1040. The first kappa shape index (κ1) is 19.2. The monoisotopic (exact) mass is 420 g/mol. The quantitative estimate of drug-likeness (QED) is 0.589. The molecule has 1 aliphatic carbocycles. The summed E-state index contributed by atoms with van der Waals surface area (Å²) in [6, 6.07) is 6.22. The molecule has 2 amide bonds. The molecule has 0 saturated heterocycles. The van der Waals surface area contributed by atoms with Crippen LogP contribution in [0.3, 0.4) is 0 Å². The second kappa shape index (κ2) is 7.81. The number of nitrogens with zero attached hydrogens (tertiary/aromatic N) is 2. The molecule has 6 nitrogen and oxygen atoms in total. The molecule has 0 radical (unpaired) electrons. The van der Waals surface area contributed by atoms with Crippen LogP contribution < -0.4 is 10.6 Å². The number of rotatable bonds is 4. The number of anilines is 1. The molecule has 4 heterocycles. The Morgan fingerprint density at radius 2 is 2.27 bits per heavy atom. The summed E-state index contributed by atoms with van der Waals surface area (Å²) in [5.41, 5.74) is 2.80. The Kier molecular flexibility index (Phi) is 5.00. The number of hydrogen-bond donors (Lipinski definition) is 2. The predicted molar refractivity (Wildman–Crippen MR) is 118 cm³/mol. The van der Waals surface area contributed by atoms with Crippen LogP contribution in [0.2, 0.25) is 0 Å². The third-order valence-corrected chi connectivity index (χ3v) is 6.91. The van der Waals surface area contributed by atoms with Gasteiger partial charge in [-0.25, -0.2) is 4.98 Å². The second-order valence-corrected chi connectivity index (χ2v) is 9.18. The van der Waals surface area contributed by atoms with Gasteiger partial charge >= 0.3 is 0 Å². The number of thiophene rings is 1. The largest absolute Gasteiger partial charge is 0.335 e. The minimum Gasteiger partial charge on any atom is -0.335 e. The van der Waals surface area contributed by atoms with Crippen LogP contribution in [0.1, 0.15) is 35.3 Å². The molecule has 0 atom stereocenters. The normalized spacial score (nSPS) is 19.9. The van der Waals surface area contributed by atoms with Gasteiger partial charge < -0.3 is 10.2 Å². The highest BCUT2D eigenvalue weighted by Gasteiger charge is 2.50. The molecule has 154 valence electrons. The molecule has 30 heavy (non-hydrogen) atoms. The third kappa shape index (κ3) is 3.95. The Hall–Kier alpha value is -2.77. The molecule has 0 bridgehead atoms. The van der Waals surface area contributed by atoms with Crippen molar-refractivity contribution in [3.8, 4) is 0 Å². The summed E-state index contributed by atoms with van der Waals surface area (Å²) in [4.78, 5) is 32.5. The van der Waals surface area contributed by atoms with E-state index in [0.29, 0.717) is 18.9 Å². The SMILES string of the molecule is O=C(/C=C/c1cnc2c(c1)CNC1(CC1)C(=O)N2)N1CC=C(Cc2cccs2)CC1. The Labute approximate surface area is 179 Å². The summed E-state index contributed by atoms with van der Waals surface area (Å²) in [6.07, 6.45) is 10.9. The van der Waals surface area contributed by atoms with Crippen LogP contribution in [0.25, 0.3) is 6.08 Å². The number of aromatic nitrogens is 1. The Morgan fingerprint density at radius 3 is 3.00 bits per heavy atom. The number of hydrogen-bond acceptors (Lipinski definition) is 5. The van der Waals surface area contributed by atoms with E-state index < -0.39 is 5.54 Å². The lowest BCUT2D eigenvalue weighted by Gasteiger charge is -2.25. The van der Waals surface area contributed by atoms with Crippen molar-refractivity contribution in [1.29, 1.82) is 0 Å². The van der Waals surface area contributed by atoms with Crippen molar-refractivity contribution >= 4 is 35.0 Å². The summed E-state index contributed by atoms with van der Waals surface area (Å²) in [6.45, 7) is 2.01. The zero-order chi connectivity index (χ0) is 20.6. The van der Waals surface area contributed by atoms with Gasteiger partial charge in [0.25, 0.3) is 0 Å². The second-order valence-electron chi connectivity index (χ2n) is 8.15. The van der Waals surface area contributed by atoms with Crippen LogP contribution >= 0.6 is 11.3 Å². The minimum atomic E-state index is -0.406. The maximum Gasteiger partial charge on any atom is 0.246 e. The van der Waals surface area contributed by atoms with Crippen LogP contribution in [-0.2, 0) is 22.6 Å². The Morgan fingerprint density at radius 1 is 1.37 bits per heavy atom. The zero-order valence-corrected chi connectivity index (χ0v) is 17.5. The van der Waals surface area contributed by atoms with Gasteiger partial charge in [-0.1, -0.05) is 17.7 Å². The predicted octanol–water partition coefficient (Wildman–Crippen LogP) is 3.13. The topological polar surface area (TPSA) is 74.3 Å². The average Bonchev–Trinajstić information content (AvgIpc) is 3.42. The molecule has 2 aromatic heterocycles. The molecule has 5 rings (SSSR count). The minimum absolute atomic E-state index is 0.00354. The summed E-state index contributed by atoms with van der Waals surface area (Å²) in [5.74, 6) is 0.628. The first-order valence-corrected chi connectivity index (χ1v) is 11.2. The maximum atomic E-state index is 12.6. The van der Waals surface area contributed by atoms with Crippen LogP contribution in [0.5, 0.6) is 0 Å². The summed E-state index contributed by atoms with van der Waals surface area (Å²) >= 11 is 1.78. The third-order valence-electron chi connectivity index (χ3n) is 6.04. The number of carbonyl (C=O) groups excluding carboxylic acids is 2. The molecule has 2 aromatic rings. The van der Waals surface area contributed by atoms with Crippen molar-refractivity contribution in [3.05, 3.63) is 63.5 Å². The van der Waals surface area contributed by atoms with Gasteiger partial charge in [-0.15, -0.1) is 11.3 Å². The van der Waals surface area contributed by atoms with Gasteiger partial charge in [0.15, 0.2) is 0 Å². The molecule has 1 saturated carbocycles. The fourth-order valence-corrected chi connectivity index (χ4v) is 4.71. The van der Waals surface area contributed by atoms with Crippen LogP contribution in [0, 0.1) is 0 Å². The first-order chi connectivity index (χ1) is 14.6. The molecule has 0 aromatic carbocycles. The lowest BCUT2D eigenvalue weighted by molar-refractivity contribution is -0.125. The molecule has 0 unspecified atom stereocenters. The molecule has 2 N–H and O–H groups in total. The van der Waals surface area contributed by atoms with E-state index in [1.165, 1.54) is 10.5 Å². The van der Waals surface area contributed by atoms with Crippen LogP contribution in [0.4, 0.5) is 5.82 Å². The van der Waals surface area contributed by atoms with E-state index in [2.05, 4.69) is 39.2 Å². The molecule has 1 spiro atoms. The van der Waals surface area contributed by atoms with E-state index in [4.69, 9.17) is 0 Å². The van der Waals surface area contributed by atoms with Gasteiger partial charge in [-0.05, 0) is 48.4 Å². The summed E-state index contributed by atoms with van der Waals surface area (Å²) in [7, 11) is 0. The van der Waals surface area contributed by atoms with E-state index in [0.717, 1.165) is 43.4 Å². The van der Waals surface area contributed by atoms with E-state index >= 15 is 0 Å². The maximum absolute atomic E-state index is 12.6. The zero-order valence-electron chi connectivity index (χ0n) is 16.7. The first-order valence-electron chi connectivity index (χ1n) is 10.3. The van der Waals surface area contributed by atoms with Crippen LogP contribution in [-0.4, -0.2) is 40.3 Å². The average molecular weight is 421 g/mol. The number of nitrogens with one attached hydrogen (secondary N) is 2. The lowest BCUT2D eigenvalue weighted by atomic mass is 10.0. The van der Waals surface area contributed by atoms with Gasteiger partial charge in [0, 0.05) is 48.8 Å². The lowest BCUT2D eigenvalue weighted by Crippen LogP contribution is -2.40.